The van der Waals surface area contributed by atoms with E-state index in [1.54, 1.807) is 12.1 Å². The van der Waals surface area contributed by atoms with Crippen LogP contribution in [0.5, 0.6) is 0 Å². The van der Waals surface area contributed by atoms with Crippen LogP contribution in [0.25, 0.3) is 0 Å². The van der Waals surface area contributed by atoms with Crippen molar-refractivity contribution in [2.75, 3.05) is 5.73 Å². The lowest BCUT2D eigenvalue weighted by atomic mass is 10.2. The number of aromatic nitrogens is 2. The summed E-state index contributed by atoms with van der Waals surface area (Å²) in [4.78, 5) is 11.5. The highest BCUT2D eigenvalue weighted by Crippen LogP contribution is 2.17. The minimum Gasteiger partial charge on any atom is -0.459 e. The van der Waals surface area contributed by atoms with Gasteiger partial charge in [-0.1, -0.05) is 6.07 Å². The largest absolute Gasteiger partial charge is 0.459 e. The first-order valence-corrected chi connectivity index (χ1v) is 6.21. The maximum Gasteiger partial charge on any atom is 0.328 e. The Morgan fingerprint density at radius 2 is 2.32 bits per heavy atom. The van der Waals surface area contributed by atoms with E-state index in [2.05, 4.69) is 21.0 Å². The zero-order valence-electron chi connectivity index (χ0n) is 9.85. The molecule has 0 atom stereocenters. The van der Waals surface area contributed by atoms with Crippen molar-refractivity contribution in [3.8, 4) is 0 Å². The van der Waals surface area contributed by atoms with Gasteiger partial charge in [-0.25, -0.2) is 4.39 Å². The van der Waals surface area contributed by atoms with E-state index in [0.717, 1.165) is 0 Å². The second-order valence-corrected chi connectivity index (χ2v) is 4.73. The van der Waals surface area contributed by atoms with E-state index in [9.17, 15) is 9.18 Å². The smallest absolute Gasteiger partial charge is 0.328 e. The topological polar surface area (TPSA) is 70.1 Å². The standard InChI is InChI=1S/C12H11BrFN3O2/c13-10-3-8(1-2-11(10)14)7-19-12(18)6-17-5-9(15)4-16-17/h1-5H,6-7,15H2. The quantitative estimate of drug-likeness (QED) is 0.873. The Morgan fingerprint density at radius 3 is 2.95 bits per heavy atom. The van der Waals surface area contributed by atoms with Crippen molar-refractivity contribution in [3.63, 3.8) is 0 Å². The number of benzene rings is 1. The van der Waals surface area contributed by atoms with Crippen LogP contribution in [0.4, 0.5) is 10.1 Å². The van der Waals surface area contributed by atoms with Gasteiger partial charge in [0.25, 0.3) is 0 Å². The molecule has 0 aliphatic carbocycles. The number of carbonyl (C=O) groups is 1. The van der Waals surface area contributed by atoms with Crippen LogP contribution in [0, 0.1) is 5.82 Å². The number of nitrogens with zero attached hydrogens (tertiary/aromatic N) is 2. The average Bonchev–Trinajstić information content (AvgIpc) is 2.76. The number of hydrogen-bond donors (Lipinski definition) is 1. The third-order valence-electron chi connectivity index (χ3n) is 2.33. The molecule has 0 amide bonds. The lowest BCUT2D eigenvalue weighted by Crippen LogP contribution is -2.13. The van der Waals surface area contributed by atoms with E-state index in [4.69, 9.17) is 10.5 Å². The van der Waals surface area contributed by atoms with Gasteiger partial charge in [0.2, 0.25) is 0 Å². The molecule has 7 heteroatoms. The summed E-state index contributed by atoms with van der Waals surface area (Å²) in [5, 5.41) is 3.87. The molecule has 0 aliphatic heterocycles. The fraction of sp³-hybridized carbons (Fsp3) is 0.167. The highest BCUT2D eigenvalue weighted by molar-refractivity contribution is 9.10. The Kier molecular flexibility index (Phi) is 4.16. The fourth-order valence-corrected chi connectivity index (χ4v) is 1.86. The number of nitrogen functional groups attached to an aromatic ring is 1. The second kappa shape index (κ2) is 5.83. The maximum atomic E-state index is 13.0. The molecule has 1 heterocycles. The monoisotopic (exact) mass is 327 g/mol. The van der Waals surface area contributed by atoms with Gasteiger partial charge in [0.05, 0.1) is 16.4 Å². The molecule has 0 radical (unpaired) electrons. The van der Waals surface area contributed by atoms with Crippen molar-refractivity contribution in [2.24, 2.45) is 0 Å². The molecule has 19 heavy (non-hydrogen) atoms. The van der Waals surface area contributed by atoms with E-state index in [1.807, 2.05) is 0 Å². The van der Waals surface area contributed by atoms with E-state index in [0.29, 0.717) is 15.7 Å². The molecule has 0 unspecified atom stereocenters. The number of nitrogens with two attached hydrogens (primary N) is 1. The first kappa shape index (κ1) is 13.5. The van der Waals surface area contributed by atoms with Crippen LogP contribution in [-0.4, -0.2) is 15.7 Å². The number of esters is 1. The van der Waals surface area contributed by atoms with E-state index in [-0.39, 0.29) is 19.0 Å². The predicted molar refractivity (Wildman–Crippen MR) is 70.5 cm³/mol. The van der Waals surface area contributed by atoms with Gasteiger partial charge in [-0.15, -0.1) is 0 Å². The molecule has 0 saturated carbocycles. The summed E-state index contributed by atoms with van der Waals surface area (Å²) in [6, 6.07) is 4.43. The van der Waals surface area contributed by atoms with Crippen LogP contribution >= 0.6 is 15.9 Å². The summed E-state index contributed by atoms with van der Waals surface area (Å²) in [6.45, 7) is 0.0635. The van der Waals surface area contributed by atoms with Gasteiger partial charge in [-0.2, -0.15) is 5.10 Å². The molecule has 1 aromatic heterocycles. The third kappa shape index (κ3) is 3.78. The van der Waals surface area contributed by atoms with Crippen molar-refractivity contribution in [1.82, 2.24) is 9.78 Å². The second-order valence-electron chi connectivity index (χ2n) is 3.88. The fourth-order valence-electron chi connectivity index (χ4n) is 1.44. The van der Waals surface area contributed by atoms with Gasteiger partial charge in [-0.05, 0) is 33.6 Å². The van der Waals surface area contributed by atoms with Gasteiger partial charge in [0.15, 0.2) is 0 Å². The molecule has 0 aliphatic rings. The molecule has 100 valence electrons. The summed E-state index contributed by atoms with van der Waals surface area (Å²) < 4.78 is 19.8. The molecule has 2 rings (SSSR count). The van der Waals surface area contributed by atoms with Gasteiger partial charge < -0.3 is 10.5 Å². The summed E-state index contributed by atoms with van der Waals surface area (Å²) in [5.41, 5.74) is 6.65. The van der Waals surface area contributed by atoms with Crippen molar-refractivity contribution in [2.45, 2.75) is 13.2 Å². The van der Waals surface area contributed by atoms with Gasteiger partial charge in [0, 0.05) is 6.20 Å². The Bertz CT molecular complexity index is 600. The first-order valence-electron chi connectivity index (χ1n) is 5.42. The summed E-state index contributed by atoms with van der Waals surface area (Å²) in [5.74, 6) is -0.800. The molecule has 0 saturated heterocycles. The number of anilines is 1. The number of carbonyl (C=O) groups excluding carboxylic acids is 1. The zero-order chi connectivity index (χ0) is 13.8. The number of ether oxygens (including phenoxy) is 1. The lowest BCUT2D eigenvalue weighted by Gasteiger charge is -2.06. The molecule has 5 nitrogen and oxygen atoms in total. The van der Waals surface area contributed by atoms with Crippen LogP contribution in [0.3, 0.4) is 0 Å². The highest BCUT2D eigenvalue weighted by Gasteiger charge is 2.07. The van der Waals surface area contributed by atoms with Crippen LogP contribution in [0.15, 0.2) is 35.1 Å². The van der Waals surface area contributed by atoms with E-state index in [1.165, 1.54) is 23.1 Å². The van der Waals surface area contributed by atoms with Crippen LogP contribution in [-0.2, 0) is 22.7 Å². The normalized spacial score (nSPS) is 10.4. The van der Waals surface area contributed by atoms with Crippen molar-refractivity contribution < 1.29 is 13.9 Å². The summed E-state index contributed by atoms with van der Waals surface area (Å²) in [6.07, 6.45) is 2.99. The van der Waals surface area contributed by atoms with Crippen molar-refractivity contribution >= 4 is 27.6 Å². The molecule has 0 fully saturated rings. The minimum atomic E-state index is -0.441. The zero-order valence-corrected chi connectivity index (χ0v) is 11.4. The number of rotatable bonds is 4. The highest BCUT2D eigenvalue weighted by atomic mass is 79.9. The minimum absolute atomic E-state index is 0.0143. The van der Waals surface area contributed by atoms with Crippen LogP contribution in [0.1, 0.15) is 5.56 Å². The number of hydrogen-bond acceptors (Lipinski definition) is 4. The van der Waals surface area contributed by atoms with Crippen LogP contribution < -0.4 is 5.73 Å². The molecular weight excluding hydrogens is 317 g/mol. The van der Waals surface area contributed by atoms with Crippen LogP contribution in [0.2, 0.25) is 0 Å². The molecule has 2 N–H and O–H groups in total. The lowest BCUT2D eigenvalue weighted by molar-refractivity contribution is -0.145. The van der Waals surface area contributed by atoms with Crippen molar-refractivity contribution in [3.05, 3.63) is 46.4 Å². The Morgan fingerprint density at radius 1 is 1.53 bits per heavy atom. The molecule has 2 aromatic rings. The van der Waals surface area contributed by atoms with Gasteiger partial charge >= 0.3 is 5.97 Å². The summed E-state index contributed by atoms with van der Waals surface area (Å²) in [7, 11) is 0. The Labute approximate surface area is 117 Å². The molecule has 1 aromatic carbocycles. The van der Waals surface area contributed by atoms with Crippen molar-refractivity contribution in [1.29, 1.82) is 0 Å². The SMILES string of the molecule is Nc1cnn(CC(=O)OCc2ccc(F)c(Br)c2)c1. The van der Waals surface area contributed by atoms with E-state index >= 15 is 0 Å². The first-order chi connectivity index (χ1) is 9.04. The van der Waals surface area contributed by atoms with E-state index < -0.39 is 5.97 Å². The summed E-state index contributed by atoms with van der Waals surface area (Å²) >= 11 is 3.07. The number of halogens is 2. The maximum absolute atomic E-state index is 13.0. The van der Waals surface area contributed by atoms with Gasteiger partial charge in [0.1, 0.15) is 19.0 Å². The Hall–Kier alpha value is -1.89. The Balaban J connectivity index is 1.88. The average molecular weight is 328 g/mol. The molecule has 0 spiro atoms. The predicted octanol–water partition coefficient (Wildman–Crippen LogP) is 2.11. The molecular formula is C12H11BrFN3O2. The third-order valence-corrected chi connectivity index (χ3v) is 2.94. The van der Waals surface area contributed by atoms with Gasteiger partial charge in [-0.3, -0.25) is 9.48 Å². The molecule has 0 bridgehead atoms.